The Morgan fingerprint density at radius 3 is 2.62 bits per heavy atom. The largest absolute Gasteiger partial charge is 0.417 e. The summed E-state index contributed by atoms with van der Waals surface area (Å²) in [5.74, 6) is -0.472. The van der Waals surface area contributed by atoms with Crippen LogP contribution in [0.3, 0.4) is 0 Å². The molecule has 1 aromatic carbocycles. The van der Waals surface area contributed by atoms with E-state index < -0.39 is 23.2 Å². The average Bonchev–Trinajstić information content (AvgIpc) is 2.76. The molecule has 8 nitrogen and oxygen atoms in total. The van der Waals surface area contributed by atoms with Crippen LogP contribution < -0.4 is 5.32 Å². The number of pyridine rings is 1. The van der Waals surface area contributed by atoms with Crippen LogP contribution in [0.1, 0.15) is 40.4 Å². The number of alkyl halides is 3. The Balaban J connectivity index is 2.34. The van der Waals surface area contributed by atoms with Gasteiger partial charge < -0.3 is 15.0 Å². The highest BCUT2D eigenvalue weighted by molar-refractivity contribution is 6.45. The van der Waals surface area contributed by atoms with Crippen molar-refractivity contribution in [3.05, 3.63) is 64.0 Å². The van der Waals surface area contributed by atoms with Crippen molar-refractivity contribution < 1.29 is 27.6 Å². The van der Waals surface area contributed by atoms with E-state index in [2.05, 4.69) is 20.6 Å². The van der Waals surface area contributed by atoms with Gasteiger partial charge in [-0.25, -0.2) is 0 Å². The van der Waals surface area contributed by atoms with Crippen LogP contribution in [0, 0.1) is 18.3 Å². The van der Waals surface area contributed by atoms with E-state index in [4.69, 9.17) is 14.9 Å². The van der Waals surface area contributed by atoms with Gasteiger partial charge in [0.1, 0.15) is 25.5 Å². The summed E-state index contributed by atoms with van der Waals surface area (Å²) in [7, 11) is 2.76. The molecule has 0 aliphatic carbocycles. The van der Waals surface area contributed by atoms with Crippen molar-refractivity contribution in [2.45, 2.75) is 26.6 Å². The van der Waals surface area contributed by atoms with Crippen molar-refractivity contribution in [2.24, 2.45) is 10.3 Å². The monoisotopic (exact) mass is 447 g/mol. The lowest BCUT2D eigenvalue weighted by Gasteiger charge is -2.13. The third kappa shape index (κ3) is 5.60. The van der Waals surface area contributed by atoms with Crippen molar-refractivity contribution in [3.8, 4) is 6.07 Å². The molecule has 0 atom stereocenters. The zero-order chi connectivity index (χ0) is 23.9. The lowest BCUT2D eigenvalue weighted by Crippen LogP contribution is -2.29. The second kappa shape index (κ2) is 10.4. The minimum absolute atomic E-state index is 0.0292. The number of hydrogen-bond donors (Lipinski definition) is 1. The van der Waals surface area contributed by atoms with E-state index >= 15 is 0 Å². The quantitative estimate of drug-likeness (QED) is 0.517. The molecule has 0 aliphatic heterocycles. The van der Waals surface area contributed by atoms with Crippen molar-refractivity contribution in [1.29, 1.82) is 5.26 Å². The Bertz CT molecular complexity index is 1100. The second-order valence-corrected chi connectivity index (χ2v) is 6.48. The summed E-state index contributed by atoms with van der Waals surface area (Å²) in [6.07, 6.45) is -3.87. The van der Waals surface area contributed by atoms with Gasteiger partial charge in [-0.15, -0.1) is 0 Å². The van der Waals surface area contributed by atoms with E-state index in [1.54, 1.807) is 25.1 Å². The summed E-state index contributed by atoms with van der Waals surface area (Å²) in [5.41, 5.74) is 0.147. The zero-order valence-electron chi connectivity index (χ0n) is 17.7. The summed E-state index contributed by atoms with van der Waals surface area (Å²) < 4.78 is 39.5. The molecule has 0 radical (unpaired) electrons. The first kappa shape index (κ1) is 24.3. The van der Waals surface area contributed by atoms with Gasteiger partial charge in [0, 0.05) is 24.4 Å². The number of nitrogens with zero attached hydrogens (tertiary/aromatic N) is 4. The predicted octanol–water partition coefficient (Wildman–Crippen LogP) is 3.32. The molecule has 2 rings (SSSR count). The van der Waals surface area contributed by atoms with E-state index in [1.807, 2.05) is 0 Å². The van der Waals surface area contributed by atoms with Gasteiger partial charge in [0.2, 0.25) is 0 Å². The zero-order valence-corrected chi connectivity index (χ0v) is 17.7. The molecular weight excluding hydrogens is 427 g/mol. The predicted molar refractivity (Wildman–Crippen MR) is 110 cm³/mol. The first-order valence-electron chi connectivity index (χ1n) is 9.20. The molecule has 1 N–H and O–H groups in total. The van der Waals surface area contributed by atoms with Crippen LogP contribution in [0.2, 0.25) is 0 Å². The lowest BCUT2D eigenvalue weighted by atomic mass is 9.98. The third-order valence-corrected chi connectivity index (χ3v) is 4.40. The fraction of sp³-hybridized carbons (Fsp3) is 0.286. The van der Waals surface area contributed by atoms with Gasteiger partial charge in [0.25, 0.3) is 5.91 Å². The number of aromatic nitrogens is 1. The Kier molecular flexibility index (Phi) is 7.90. The second-order valence-electron chi connectivity index (χ2n) is 6.48. The van der Waals surface area contributed by atoms with Crippen molar-refractivity contribution >= 4 is 17.3 Å². The van der Waals surface area contributed by atoms with Crippen LogP contribution >= 0.6 is 0 Å². The molecule has 168 valence electrons. The maximum Gasteiger partial charge on any atom is 0.417 e. The Labute approximate surface area is 182 Å². The normalized spacial score (nSPS) is 12.2. The summed E-state index contributed by atoms with van der Waals surface area (Å²) in [6, 6.07) is 7.41. The van der Waals surface area contributed by atoms with Crippen molar-refractivity contribution in [1.82, 2.24) is 10.3 Å². The van der Waals surface area contributed by atoms with Gasteiger partial charge in [-0.1, -0.05) is 28.5 Å². The topological polar surface area (TPSA) is 109 Å². The van der Waals surface area contributed by atoms with Crippen molar-refractivity contribution in [2.75, 3.05) is 14.2 Å². The average molecular weight is 447 g/mol. The van der Waals surface area contributed by atoms with Crippen molar-refractivity contribution in [3.63, 3.8) is 0 Å². The van der Waals surface area contributed by atoms with Crippen LogP contribution in [-0.4, -0.2) is 36.5 Å². The number of halogens is 3. The van der Waals surface area contributed by atoms with Gasteiger partial charge >= 0.3 is 6.18 Å². The number of carbonyl (C=O) groups is 1. The number of rotatable bonds is 7. The Hall–Kier alpha value is -3.94. The molecule has 0 saturated heterocycles. The van der Waals surface area contributed by atoms with Gasteiger partial charge in [0.05, 0.1) is 16.8 Å². The minimum Gasteiger partial charge on any atom is -0.398 e. The molecular formula is C21H20F3N5O3. The molecule has 1 aromatic heterocycles. The van der Waals surface area contributed by atoms with Gasteiger partial charge in [-0.2, -0.15) is 18.4 Å². The standard InChI is InChI=1S/C21H20F3N5O3/c1-12-6-5-7-15(19(29-31-4)20(30)26-3)16(12)11-32-28-13(2)18-8-17(21(22,23)24)14(9-25)10-27-18/h5-8,10H,11H2,1-4H3,(H,26,30)/b28-13+,29-19+. The smallest absolute Gasteiger partial charge is 0.398 e. The molecule has 0 unspecified atom stereocenters. The van der Waals surface area contributed by atoms with E-state index in [0.717, 1.165) is 17.8 Å². The molecule has 32 heavy (non-hydrogen) atoms. The van der Waals surface area contributed by atoms with E-state index in [-0.39, 0.29) is 23.7 Å². The van der Waals surface area contributed by atoms with Crippen LogP contribution in [0.4, 0.5) is 13.2 Å². The number of hydrogen-bond acceptors (Lipinski definition) is 7. The molecule has 1 amide bonds. The van der Waals surface area contributed by atoms with E-state index in [1.165, 1.54) is 27.2 Å². The summed E-state index contributed by atoms with van der Waals surface area (Å²) in [6.45, 7) is 3.13. The highest BCUT2D eigenvalue weighted by Gasteiger charge is 2.34. The van der Waals surface area contributed by atoms with Crippen LogP contribution in [0.5, 0.6) is 0 Å². The van der Waals surface area contributed by atoms with Crippen LogP contribution in [-0.2, 0) is 27.3 Å². The summed E-state index contributed by atoms with van der Waals surface area (Å²) >= 11 is 0. The lowest BCUT2D eigenvalue weighted by molar-refractivity contribution is -0.137. The Morgan fingerprint density at radius 2 is 2.03 bits per heavy atom. The molecule has 2 aromatic rings. The first-order chi connectivity index (χ1) is 15.1. The minimum atomic E-state index is -4.71. The molecule has 0 aliphatic rings. The number of amides is 1. The van der Waals surface area contributed by atoms with Gasteiger partial charge in [0.15, 0.2) is 5.71 Å². The fourth-order valence-corrected chi connectivity index (χ4v) is 2.76. The third-order valence-electron chi connectivity index (χ3n) is 4.40. The Morgan fingerprint density at radius 1 is 1.31 bits per heavy atom. The molecule has 0 spiro atoms. The molecule has 0 bridgehead atoms. The van der Waals surface area contributed by atoms with E-state index in [0.29, 0.717) is 11.1 Å². The maximum atomic E-state index is 13.2. The van der Waals surface area contributed by atoms with Gasteiger partial charge in [-0.05, 0) is 25.5 Å². The number of aryl methyl sites for hydroxylation is 1. The van der Waals surface area contributed by atoms with E-state index in [9.17, 15) is 18.0 Å². The number of nitriles is 1. The SMILES string of the molecule is CNC(=O)/C(=N/OC)c1cccc(C)c1CO/N=C(\C)c1cc(C(F)(F)F)c(C#N)cn1. The highest BCUT2D eigenvalue weighted by Crippen LogP contribution is 2.32. The number of oxime groups is 2. The summed E-state index contributed by atoms with van der Waals surface area (Å²) in [4.78, 5) is 26.2. The molecule has 0 fully saturated rings. The number of nitrogens with one attached hydrogen (secondary N) is 1. The highest BCUT2D eigenvalue weighted by atomic mass is 19.4. The number of carbonyl (C=O) groups excluding carboxylic acids is 1. The van der Waals surface area contributed by atoms with Crippen LogP contribution in [0.15, 0.2) is 40.8 Å². The fourth-order valence-electron chi connectivity index (χ4n) is 2.76. The van der Waals surface area contributed by atoms with Crippen LogP contribution in [0.25, 0.3) is 0 Å². The number of benzene rings is 1. The molecule has 1 heterocycles. The summed E-state index contributed by atoms with van der Waals surface area (Å²) in [5, 5.41) is 19.0. The number of likely N-dealkylation sites (N-methyl/N-ethyl adjacent to an activating group) is 1. The molecule has 11 heteroatoms. The van der Waals surface area contributed by atoms with Gasteiger partial charge in [-0.3, -0.25) is 9.78 Å². The first-order valence-corrected chi connectivity index (χ1v) is 9.20. The molecule has 0 saturated carbocycles. The maximum absolute atomic E-state index is 13.2.